The molecule has 1 heterocycles. The Balaban J connectivity index is 2.46. The molecule has 0 saturated heterocycles. The Kier molecular flexibility index (Phi) is 4.21. The average Bonchev–Trinajstić information content (AvgIpc) is 2.75. The van der Waals surface area contributed by atoms with Crippen LogP contribution in [-0.2, 0) is 11.2 Å². The van der Waals surface area contributed by atoms with E-state index >= 15 is 0 Å². The monoisotopic (exact) mass is 386 g/mol. The number of rotatable bonds is 4. The molecular formula is C13H8Br2O4. The summed E-state index contributed by atoms with van der Waals surface area (Å²) in [7, 11) is 0. The van der Waals surface area contributed by atoms with Gasteiger partial charge in [0.2, 0.25) is 0 Å². The molecule has 0 saturated carbocycles. The summed E-state index contributed by atoms with van der Waals surface area (Å²) in [6.45, 7) is 0. The number of hydrogen-bond donors (Lipinski definition) is 1. The molecule has 1 aromatic carbocycles. The fourth-order valence-electron chi connectivity index (χ4n) is 1.69. The summed E-state index contributed by atoms with van der Waals surface area (Å²) < 4.78 is 6.76. The fourth-order valence-corrected chi connectivity index (χ4v) is 3.36. The number of benzene rings is 1. The van der Waals surface area contributed by atoms with E-state index in [2.05, 4.69) is 31.9 Å². The van der Waals surface area contributed by atoms with Crippen molar-refractivity contribution in [2.45, 2.75) is 6.42 Å². The van der Waals surface area contributed by atoms with Gasteiger partial charge in [0.1, 0.15) is 5.76 Å². The molecule has 0 fully saturated rings. The second-order valence-electron chi connectivity index (χ2n) is 3.82. The maximum absolute atomic E-state index is 10.7. The Morgan fingerprint density at radius 1 is 1.26 bits per heavy atom. The molecule has 0 radical (unpaired) electrons. The lowest BCUT2D eigenvalue weighted by molar-refractivity contribution is -0.136. The topological polar surface area (TPSA) is 67.5 Å². The summed E-state index contributed by atoms with van der Waals surface area (Å²) in [5, 5.41) is 8.78. The van der Waals surface area contributed by atoms with Crippen LogP contribution in [-0.4, -0.2) is 17.4 Å². The zero-order chi connectivity index (χ0) is 14.0. The Bertz CT molecular complexity index is 623. The molecule has 1 N–H and O–H groups in total. The van der Waals surface area contributed by atoms with Crippen molar-refractivity contribution in [2.24, 2.45) is 0 Å². The summed E-state index contributed by atoms with van der Waals surface area (Å²) in [5.74, 6) is -0.126. The molecule has 0 spiro atoms. The molecule has 2 rings (SSSR count). The average molecular weight is 388 g/mol. The van der Waals surface area contributed by atoms with Crippen LogP contribution in [0.2, 0.25) is 0 Å². The summed E-state index contributed by atoms with van der Waals surface area (Å²) in [6, 6.07) is 6.70. The van der Waals surface area contributed by atoms with Crippen molar-refractivity contribution in [3.05, 3.63) is 44.5 Å². The zero-order valence-electron chi connectivity index (χ0n) is 9.52. The number of carboxylic acid groups (broad SMARTS) is 1. The van der Waals surface area contributed by atoms with Crippen LogP contribution in [0, 0.1) is 0 Å². The van der Waals surface area contributed by atoms with E-state index in [4.69, 9.17) is 9.52 Å². The van der Waals surface area contributed by atoms with Gasteiger partial charge in [-0.2, -0.15) is 0 Å². The molecule has 0 aliphatic rings. The molecule has 2 aromatic rings. The van der Waals surface area contributed by atoms with Crippen LogP contribution in [0.3, 0.4) is 0 Å². The number of hydrogen-bond acceptors (Lipinski definition) is 3. The van der Waals surface area contributed by atoms with Crippen LogP contribution in [0.25, 0.3) is 11.3 Å². The summed E-state index contributed by atoms with van der Waals surface area (Å²) in [4.78, 5) is 21.3. The summed E-state index contributed by atoms with van der Waals surface area (Å²) in [6.07, 6.45) is 0.569. The van der Waals surface area contributed by atoms with Gasteiger partial charge in [0.25, 0.3) is 0 Å². The van der Waals surface area contributed by atoms with Gasteiger partial charge in [-0.15, -0.1) is 0 Å². The number of carbonyl (C=O) groups excluding carboxylic acids is 1. The minimum Gasteiger partial charge on any atom is -0.481 e. The molecule has 6 heteroatoms. The van der Waals surface area contributed by atoms with Gasteiger partial charge in [0, 0.05) is 14.5 Å². The molecular weight excluding hydrogens is 380 g/mol. The molecule has 0 aliphatic heterocycles. The third kappa shape index (κ3) is 3.13. The first-order chi connectivity index (χ1) is 9.01. The molecule has 0 bridgehead atoms. The third-order valence-corrected chi connectivity index (χ3v) is 3.70. The van der Waals surface area contributed by atoms with Gasteiger partial charge < -0.3 is 9.52 Å². The molecule has 0 aliphatic carbocycles. The third-order valence-electron chi connectivity index (χ3n) is 2.45. The predicted octanol–water partition coefficient (Wildman–Crippen LogP) is 3.91. The highest BCUT2D eigenvalue weighted by atomic mass is 79.9. The van der Waals surface area contributed by atoms with Crippen LogP contribution >= 0.6 is 31.9 Å². The van der Waals surface area contributed by atoms with Crippen molar-refractivity contribution in [2.75, 3.05) is 0 Å². The summed E-state index contributed by atoms with van der Waals surface area (Å²) in [5.41, 5.74) is 1.40. The van der Waals surface area contributed by atoms with Crippen molar-refractivity contribution < 1.29 is 19.1 Å². The van der Waals surface area contributed by atoms with Gasteiger partial charge in [0.15, 0.2) is 12.0 Å². The van der Waals surface area contributed by atoms with Gasteiger partial charge >= 0.3 is 5.97 Å². The highest BCUT2D eigenvalue weighted by molar-refractivity contribution is 9.11. The lowest BCUT2D eigenvalue weighted by atomic mass is 10.1. The van der Waals surface area contributed by atoms with Gasteiger partial charge in [0.05, 0.1) is 6.42 Å². The largest absolute Gasteiger partial charge is 0.481 e. The minimum absolute atomic E-state index is 0.0603. The number of aliphatic carboxylic acids is 1. The Morgan fingerprint density at radius 2 is 1.89 bits per heavy atom. The second kappa shape index (κ2) is 5.71. The molecule has 0 atom stereocenters. The fraction of sp³-hybridized carbons (Fsp3) is 0.0769. The highest BCUT2D eigenvalue weighted by Crippen LogP contribution is 2.37. The van der Waals surface area contributed by atoms with Crippen molar-refractivity contribution >= 4 is 44.1 Å². The quantitative estimate of drug-likeness (QED) is 0.807. The Morgan fingerprint density at radius 3 is 2.37 bits per heavy atom. The van der Waals surface area contributed by atoms with Gasteiger partial charge in [-0.05, 0) is 61.7 Å². The first-order valence-electron chi connectivity index (χ1n) is 5.26. The number of halogens is 2. The number of carbonyl (C=O) groups is 2. The molecule has 0 amide bonds. The molecule has 1 aromatic heterocycles. The maximum atomic E-state index is 10.7. The number of aldehydes is 1. The van der Waals surface area contributed by atoms with Gasteiger partial charge in [-0.3, -0.25) is 9.59 Å². The maximum Gasteiger partial charge on any atom is 0.307 e. The van der Waals surface area contributed by atoms with E-state index in [0.29, 0.717) is 26.6 Å². The normalized spacial score (nSPS) is 10.4. The van der Waals surface area contributed by atoms with Crippen LogP contribution in [0.5, 0.6) is 0 Å². The first kappa shape index (κ1) is 14.0. The standard InChI is InChI=1S/C13H8Br2O4/c14-9-3-7(5-12(17)18)4-10(15)13(9)11-2-1-8(6-16)19-11/h1-4,6H,5H2,(H,17,18). The van der Waals surface area contributed by atoms with E-state index in [9.17, 15) is 9.59 Å². The van der Waals surface area contributed by atoms with Crippen molar-refractivity contribution in [3.63, 3.8) is 0 Å². The number of furan rings is 1. The van der Waals surface area contributed by atoms with E-state index in [-0.39, 0.29) is 12.2 Å². The number of carboxylic acids is 1. The lowest BCUT2D eigenvalue weighted by Gasteiger charge is -2.07. The smallest absolute Gasteiger partial charge is 0.307 e. The van der Waals surface area contributed by atoms with Crippen molar-refractivity contribution in [3.8, 4) is 11.3 Å². The van der Waals surface area contributed by atoms with Crippen molar-refractivity contribution in [1.29, 1.82) is 0 Å². The first-order valence-corrected chi connectivity index (χ1v) is 6.85. The zero-order valence-corrected chi connectivity index (χ0v) is 12.7. The Hall–Kier alpha value is -1.40. The van der Waals surface area contributed by atoms with Crippen molar-refractivity contribution in [1.82, 2.24) is 0 Å². The molecule has 19 heavy (non-hydrogen) atoms. The van der Waals surface area contributed by atoms with Crippen LogP contribution in [0.1, 0.15) is 16.1 Å². The molecule has 98 valence electrons. The Labute approximate surface area is 125 Å². The second-order valence-corrected chi connectivity index (χ2v) is 5.53. The highest BCUT2D eigenvalue weighted by Gasteiger charge is 2.14. The van der Waals surface area contributed by atoms with E-state index in [0.717, 1.165) is 5.56 Å². The predicted molar refractivity (Wildman–Crippen MR) is 76.3 cm³/mol. The summed E-state index contributed by atoms with van der Waals surface area (Å²) >= 11 is 6.77. The minimum atomic E-state index is -0.896. The van der Waals surface area contributed by atoms with E-state index in [1.54, 1.807) is 24.3 Å². The van der Waals surface area contributed by atoms with Gasteiger partial charge in [-0.1, -0.05) is 0 Å². The van der Waals surface area contributed by atoms with E-state index in [1.165, 1.54) is 0 Å². The lowest BCUT2D eigenvalue weighted by Crippen LogP contribution is -2.00. The van der Waals surface area contributed by atoms with Crippen LogP contribution < -0.4 is 0 Å². The van der Waals surface area contributed by atoms with Crippen LogP contribution in [0.15, 0.2) is 37.6 Å². The molecule has 0 unspecified atom stereocenters. The van der Waals surface area contributed by atoms with Gasteiger partial charge in [-0.25, -0.2) is 0 Å². The van der Waals surface area contributed by atoms with Crippen LogP contribution in [0.4, 0.5) is 0 Å². The molecule has 4 nitrogen and oxygen atoms in total. The SMILES string of the molecule is O=Cc1ccc(-c2c(Br)cc(CC(=O)O)cc2Br)o1. The van der Waals surface area contributed by atoms with E-state index in [1.807, 2.05) is 0 Å². The van der Waals surface area contributed by atoms with E-state index < -0.39 is 5.97 Å².